The van der Waals surface area contributed by atoms with Gasteiger partial charge in [0.05, 0.1) is 19.3 Å². The number of carbonyl (C=O) groups is 1. The summed E-state index contributed by atoms with van der Waals surface area (Å²) < 4.78 is 25.6. The summed E-state index contributed by atoms with van der Waals surface area (Å²) in [5.74, 6) is -1.80. The molecule has 0 N–H and O–H groups in total. The zero-order chi connectivity index (χ0) is 16.4. The predicted octanol–water partition coefficient (Wildman–Crippen LogP) is 2.14. The third kappa shape index (κ3) is 2.75. The Hall–Kier alpha value is -2.54. The molecule has 1 fully saturated rings. The van der Waals surface area contributed by atoms with Crippen LogP contribution < -0.4 is 0 Å². The minimum atomic E-state index is -0.961. The summed E-state index contributed by atoms with van der Waals surface area (Å²) in [6, 6.07) is 8.95. The van der Waals surface area contributed by atoms with Crippen LogP contribution in [0.25, 0.3) is 0 Å². The zero-order valence-corrected chi connectivity index (χ0v) is 12.6. The SMILES string of the molecule is C=CC1(OC(=O)c2c(F)nnn2[C@H](C)c2ccccc2)COC1. The van der Waals surface area contributed by atoms with Crippen molar-refractivity contribution >= 4 is 5.97 Å². The third-order valence-electron chi connectivity index (χ3n) is 3.86. The quantitative estimate of drug-likeness (QED) is 0.624. The topological polar surface area (TPSA) is 66.2 Å². The van der Waals surface area contributed by atoms with Gasteiger partial charge in [-0.15, -0.1) is 0 Å². The summed E-state index contributed by atoms with van der Waals surface area (Å²) in [7, 11) is 0. The number of aromatic nitrogens is 3. The number of rotatable bonds is 5. The van der Waals surface area contributed by atoms with Crippen molar-refractivity contribution in [1.82, 2.24) is 15.0 Å². The molecule has 0 unspecified atom stereocenters. The summed E-state index contributed by atoms with van der Waals surface area (Å²) >= 11 is 0. The van der Waals surface area contributed by atoms with E-state index in [1.54, 1.807) is 6.92 Å². The van der Waals surface area contributed by atoms with Gasteiger partial charge in [0.2, 0.25) is 5.69 Å². The fraction of sp³-hybridized carbons (Fsp3) is 0.312. The van der Waals surface area contributed by atoms with E-state index in [0.29, 0.717) is 0 Å². The highest BCUT2D eigenvalue weighted by molar-refractivity contribution is 5.88. The molecule has 0 aliphatic carbocycles. The number of nitrogens with zero attached hydrogens (tertiary/aromatic N) is 3. The van der Waals surface area contributed by atoms with Crippen LogP contribution in [0, 0.1) is 5.95 Å². The first-order valence-corrected chi connectivity index (χ1v) is 7.16. The molecule has 0 radical (unpaired) electrons. The van der Waals surface area contributed by atoms with Crippen LogP contribution in [0.5, 0.6) is 0 Å². The highest BCUT2D eigenvalue weighted by Gasteiger charge is 2.41. The van der Waals surface area contributed by atoms with E-state index in [4.69, 9.17) is 9.47 Å². The summed E-state index contributed by atoms with van der Waals surface area (Å²) in [6.07, 6.45) is 1.49. The zero-order valence-electron chi connectivity index (χ0n) is 12.6. The van der Waals surface area contributed by atoms with E-state index < -0.39 is 17.5 Å². The van der Waals surface area contributed by atoms with Crippen molar-refractivity contribution in [1.29, 1.82) is 0 Å². The molecule has 1 saturated heterocycles. The Morgan fingerprint density at radius 3 is 2.74 bits per heavy atom. The fourth-order valence-corrected chi connectivity index (χ4v) is 2.35. The number of ether oxygens (including phenoxy) is 2. The molecule has 0 amide bonds. The van der Waals surface area contributed by atoms with E-state index in [9.17, 15) is 9.18 Å². The minimum absolute atomic E-state index is 0.208. The lowest BCUT2D eigenvalue weighted by Crippen LogP contribution is -2.51. The van der Waals surface area contributed by atoms with Crippen LogP contribution in [-0.2, 0) is 9.47 Å². The fourth-order valence-electron chi connectivity index (χ4n) is 2.35. The van der Waals surface area contributed by atoms with Crippen molar-refractivity contribution in [3.8, 4) is 0 Å². The van der Waals surface area contributed by atoms with Gasteiger partial charge in [0, 0.05) is 0 Å². The molecule has 120 valence electrons. The van der Waals surface area contributed by atoms with Gasteiger partial charge in [0.15, 0.2) is 5.60 Å². The maximum atomic E-state index is 14.0. The van der Waals surface area contributed by atoms with Gasteiger partial charge in [-0.25, -0.2) is 9.48 Å². The molecule has 0 spiro atoms. The van der Waals surface area contributed by atoms with E-state index in [2.05, 4.69) is 16.9 Å². The van der Waals surface area contributed by atoms with Crippen LogP contribution in [-0.4, -0.2) is 39.8 Å². The molecular weight excluding hydrogens is 301 g/mol. The molecule has 0 bridgehead atoms. The lowest BCUT2D eigenvalue weighted by molar-refractivity contribution is -0.152. The number of benzene rings is 1. The molecule has 1 aliphatic rings. The third-order valence-corrected chi connectivity index (χ3v) is 3.86. The van der Waals surface area contributed by atoms with Gasteiger partial charge < -0.3 is 9.47 Å². The molecule has 2 heterocycles. The molecule has 6 nitrogen and oxygen atoms in total. The van der Waals surface area contributed by atoms with Crippen molar-refractivity contribution in [3.05, 3.63) is 60.2 Å². The van der Waals surface area contributed by atoms with Gasteiger partial charge >= 0.3 is 5.97 Å². The molecule has 1 atom stereocenters. The molecule has 23 heavy (non-hydrogen) atoms. The maximum absolute atomic E-state index is 14.0. The first kappa shape index (κ1) is 15.4. The van der Waals surface area contributed by atoms with Gasteiger partial charge in [-0.3, -0.25) is 0 Å². The summed E-state index contributed by atoms with van der Waals surface area (Å²) in [5.41, 5.74) is -0.347. The normalized spacial score (nSPS) is 17.1. The Morgan fingerprint density at radius 1 is 1.48 bits per heavy atom. The van der Waals surface area contributed by atoms with Crippen LogP contribution in [0.4, 0.5) is 4.39 Å². The average molecular weight is 317 g/mol. The standard InChI is InChI=1S/C16H16FN3O3/c1-3-16(9-22-10-16)23-15(21)13-14(17)18-19-20(13)11(2)12-7-5-4-6-8-12/h3-8,11H,1,9-10H2,2H3/t11-/m1/s1. The van der Waals surface area contributed by atoms with Gasteiger partial charge in [-0.2, -0.15) is 4.39 Å². The highest BCUT2D eigenvalue weighted by atomic mass is 19.1. The van der Waals surface area contributed by atoms with Crippen LogP contribution in [0.1, 0.15) is 29.0 Å². The van der Waals surface area contributed by atoms with Gasteiger partial charge in [-0.05, 0) is 18.6 Å². The van der Waals surface area contributed by atoms with E-state index in [-0.39, 0.29) is 24.9 Å². The largest absolute Gasteiger partial charge is 0.445 e. The predicted molar refractivity (Wildman–Crippen MR) is 79.4 cm³/mol. The number of esters is 1. The molecule has 1 aliphatic heterocycles. The van der Waals surface area contributed by atoms with Crippen molar-refractivity contribution in [2.75, 3.05) is 13.2 Å². The monoisotopic (exact) mass is 317 g/mol. The van der Waals surface area contributed by atoms with E-state index in [1.807, 2.05) is 30.3 Å². The summed E-state index contributed by atoms with van der Waals surface area (Å²) in [6.45, 7) is 5.85. The Morgan fingerprint density at radius 2 is 2.17 bits per heavy atom. The van der Waals surface area contributed by atoms with Gasteiger partial charge in [0.25, 0.3) is 5.95 Å². The average Bonchev–Trinajstić information content (AvgIpc) is 2.92. The minimum Gasteiger partial charge on any atom is -0.445 e. The smallest absolute Gasteiger partial charge is 0.362 e. The van der Waals surface area contributed by atoms with Crippen molar-refractivity contribution in [2.24, 2.45) is 0 Å². The summed E-state index contributed by atoms with van der Waals surface area (Å²) in [4.78, 5) is 12.4. The number of halogens is 1. The second-order valence-electron chi connectivity index (χ2n) is 5.41. The molecule has 1 aromatic carbocycles. The molecule has 7 heteroatoms. The first-order chi connectivity index (χ1) is 11.1. The van der Waals surface area contributed by atoms with Crippen molar-refractivity contribution < 1.29 is 18.7 Å². The highest BCUT2D eigenvalue weighted by Crippen LogP contribution is 2.26. The number of carbonyl (C=O) groups excluding carboxylic acids is 1. The van der Waals surface area contributed by atoms with Crippen LogP contribution in [0.2, 0.25) is 0 Å². The van der Waals surface area contributed by atoms with Crippen LogP contribution in [0.15, 0.2) is 43.0 Å². The molecule has 3 rings (SSSR count). The number of hydrogen-bond acceptors (Lipinski definition) is 5. The Bertz CT molecular complexity index is 725. The van der Waals surface area contributed by atoms with Crippen molar-refractivity contribution in [2.45, 2.75) is 18.6 Å². The lowest BCUT2D eigenvalue weighted by atomic mass is 10.0. The molecule has 0 saturated carbocycles. The van der Waals surface area contributed by atoms with Crippen LogP contribution in [0.3, 0.4) is 0 Å². The van der Waals surface area contributed by atoms with E-state index >= 15 is 0 Å². The van der Waals surface area contributed by atoms with E-state index in [0.717, 1.165) is 5.56 Å². The van der Waals surface area contributed by atoms with E-state index in [1.165, 1.54) is 10.8 Å². The van der Waals surface area contributed by atoms with Gasteiger partial charge in [0.1, 0.15) is 0 Å². The Kier molecular flexibility index (Phi) is 3.96. The Labute approximate surface area is 132 Å². The summed E-state index contributed by atoms with van der Waals surface area (Å²) in [5, 5.41) is 7.12. The van der Waals surface area contributed by atoms with Gasteiger partial charge in [-0.1, -0.05) is 47.2 Å². The maximum Gasteiger partial charge on any atom is 0.362 e. The molecule has 1 aromatic heterocycles. The molecular formula is C16H16FN3O3. The first-order valence-electron chi connectivity index (χ1n) is 7.16. The Balaban J connectivity index is 1.89. The second kappa shape index (κ2) is 5.92. The van der Waals surface area contributed by atoms with Crippen LogP contribution >= 0.6 is 0 Å². The lowest BCUT2D eigenvalue weighted by Gasteiger charge is -2.37. The second-order valence-corrected chi connectivity index (χ2v) is 5.41. The van der Waals surface area contributed by atoms with Crippen molar-refractivity contribution in [3.63, 3.8) is 0 Å². The molecule has 2 aromatic rings. The number of hydrogen-bond donors (Lipinski definition) is 0.